The summed E-state index contributed by atoms with van der Waals surface area (Å²) in [6, 6.07) is 0. The molecule has 0 rings (SSSR count). The van der Waals surface area contributed by atoms with Gasteiger partial charge in [-0.05, 0) is 12.8 Å². The maximum atomic E-state index is 11.7. The molecule has 0 unspecified atom stereocenters. The Kier molecular flexibility index (Phi) is 30.1. The van der Waals surface area contributed by atoms with Crippen molar-refractivity contribution in [3.05, 3.63) is 0 Å². The lowest BCUT2D eigenvalue weighted by Crippen LogP contribution is -2.15. The highest BCUT2D eigenvalue weighted by molar-refractivity contribution is 5.69. The first-order valence-corrected chi connectivity index (χ1v) is 15.2. The molecule has 0 N–H and O–H groups in total. The molecule has 0 fully saturated rings. The predicted octanol–water partition coefficient (Wildman–Crippen LogP) is 7.18. The Morgan fingerprint density at radius 1 is 0.378 bits per heavy atom. The quantitative estimate of drug-likeness (QED) is 0.0718. The molecule has 0 aromatic heterocycles. The fraction of sp³-hybridized carbons (Fsp3) is 0.933. The highest BCUT2D eigenvalue weighted by Gasteiger charge is 2.04. The number of esters is 2. The van der Waals surface area contributed by atoms with E-state index in [9.17, 15) is 9.59 Å². The molecule has 7 nitrogen and oxygen atoms in total. The minimum Gasteiger partial charge on any atom is -0.463 e. The molecule has 0 saturated carbocycles. The highest BCUT2D eigenvalue weighted by atomic mass is 16.6. The van der Waals surface area contributed by atoms with Crippen LogP contribution in [-0.4, -0.2) is 64.8 Å². The van der Waals surface area contributed by atoms with E-state index in [4.69, 9.17) is 23.7 Å². The van der Waals surface area contributed by atoms with Crippen molar-refractivity contribution in [3.63, 3.8) is 0 Å². The van der Waals surface area contributed by atoms with E-state index in [0.717, 1.165) is 25.7 Å². The summed E-state index contributed by atoms with van der Waals surface area (Å²) in [5, 5.41) is 0. The van der Waals surface area contributed by atoms with Gasteiger partial charge in [0.05, 0.1) is 39.6 Å². The van der Waals surface area contributed by atoms with Crippen molar-refractivity contribution in [1.82, 2.24) is 0 Å². The van der Waals surface area contributed by atoms with Crippen molar-refractivity contribution >= 4 is 11.9 Å². The van der Waals surface area contributed by atoms with Crippen molar-refractivity contribution in [1.29, 1.82) is 0 Å². The van der Waals surface area contributed by atoms with E-state index in [2.05, 4.69) is 13.8 Å². The molecule has 0 aliphatic heterocycles. The van der Waals surface area contributed by atoms with Gasteiger partial charge >= 0.3 is 11.9 Å². The van der Waals surface area contributed by atoms with E-state index < -0.39 is 0 Å². The normalized spacial score (nSPS) is 11.1. The lowest BCUT2D eigenvalue weighted by atomic mass is 10.1. The molecule has 0 aromatic carbocycles. The second-order valence-corrected chi connectivity index (χ2v) is 9.73. The van der Waals surface area contributed by atoms with Crippen LogP contribution in [0, 0.1) is 0 Å². The summed E-state index contributed by atoms with van der Waals surface area (Å²) in [5.41, 5.74) is 0. The summed E-state index contributed by atoms with van der Waals surface area (Å²) in [5.74, 6) is -0.275. The highest BCUT2D eigenvalue weighted by Crippen LogP contribution is 2.11. The number of carbonyl (C=O) groups excluding carboxylic acids is 2. The lowest BCUT2D eigenvalue weighted by molar-refractivity contribution is -0.146. The monoisotopic (exact) mass is 530 g/mol. The van der Waals surface area contributed by atoms with E-state index in [0.29, 0.717) is 52.5 Å². The molecule has 0 spiro atoms. The second kappa shape index (κ2) is 31.0. The van der Waals surface area contributed by atoms with E-state index >= 15 is 0 Å². The van der Waals surface area contributed by atoms with Gasteiger partial charge in [0, 0.05) is 12.8 Å². The van der Waals surface area contributed by atoms with Gasteiger partial charge in [-0.15, -0.1) is 0 Å². The summed E-state index contributed by atoms with van der Waals surface area (Å²) in [6.45, 7) is 7.62. The molecule has 0 heterocycles. The third kappa shape index (κ3) is 30.9. The van der Waals surface area contributed by atoms with Gasteiger partial charge in [0.2, 0.25) is 0 Å². The van der Waals surface area contributed by atoms with Crippen LogP contribution in [0.1, 0.15) is 129 Å². The van der Waals surface area contributed by atoms with Gasteiger partial charge in [0.15, 0.2) is 0 Å². The van der Waals surface area contributed by atoms with Gasteiger partial charge in [0.25, 0.3) is 0 Å². The lowest BCUT2D eigenvalue weighted by Gasteiger charge is -2.08. The van der Waals surface area contributed by atoms with Crippen molar-refractivity contribution in [2.75, 3.05) is 52.9 Å². The van der Waals surface area contributed by atoms with Gasteiger partial charge in [0.1, 0.15) is 13.2 Å². The van der Waals surface area contributed by atoms with Crippen LogP contribution in [0.2, 0.25) is 0 Å². The standard InChI is InChI=1S/C30H58O7/c1-3-5-7-9-11-12-14-16-18-20-30(32)37-28-26-35-24-22-33-21-23-34-25-27-36-29(31)19-17-15-13-10-8-6-4-2/h3-28H2,1-2H3. The molecular formula is C30H58O7. The third-order valence-electron chi connectivity index (χ3n) is 6.19. The molecule has 0 radical (unpaired) electrons. The first-order chi connectivity index (χ1) is 18.2. The summed E-state index contributed by atoms with van der Waals surface area (Å²) >= 11 is 0. The van der Waals surface area contributed by atoms with Crippen LogP contribution in [0.4, 0.5) is 0 Å². The van der Waals surface area contributed by atoms with Crippen LogP contribution in [0.5, 0.6) is 0 Å². The number of carbonyl (C=O) groups is 2. The molecule has 37 heavy (non-hydrogen) atoms. The van der Waals surface area contributed by atoms with Crippen LogP contribution < -0.4 is 0 Å². The Hall–Kier alpha value is -1.18. The molecular weight excluding hydrogens is 472 g/mol. The zero-order chi connectivity index (χ0) is 27.1. The molecule has 0 amide bonds. The first kappa shape index (κ1) is 35.8. The van der Waals surface area contributed by atoms with Crippen LogP contribution in [0.3, 0.4) is 0 Å². The molecule has 0 aliphatic carbocycles. The topological polar surface area (TPSA) is 80.3 Å². The van der Waals surface area contributed by atoms with Crippen LogP contribution >= 0.6 is 0 Å². The number of unbranched alkanes of at least 4 members (excludes halogenated alkanes) is 14. The van der Waals surface area contributed by atoms with Crippen LogP contribution in [0.15, 0.2) is 0 Å². The average molecular weight is 531 g/mol. The smallest absolute Gasteiger partial charge is 0.305 e. The van der Waals surface area contributed by atoms with E-state index in [1.54, 1.807) is 0 Å². The van der Waals surface area contributed by atoms with E-state index in [1.807, 2.05) is 0 Å². The zero-order valence-electron chi connectivity index (χ0n) is 24.2. The minimum absolute atomic E-state index is 0.136. The van der Waals surface area contributed by atoms with Crippen molar-refractivity contribution in [2.24, 2.45) is 0 Å². The molecule has 0 aliphatic rings. The predicted molar refractivity (Wildman–Crippen MR) is 149 cm³/mol. The van der Waals surface area contributed by atoms with Gasteiger partial charge in [-0.3, -0.25) is 9.59 Å². The van der Waals surface area contributed by atoms with Crippen molar-refractivity contribution < 1.29 is 33.3 Å². The Balaban J connectivity index is 3.21. The Bertz CT molecular complexity index is 485. The Morgan fingerprint density at radius 2 is 0.649 bits per heavy atom. The zero-order valence-corrected chi connectivity index (χ0v) is 24.2. The summed E-state index contributed by atoms with van der Waals surface area (Å²) in [6.07, 6.45) is 20.5. The molecule has 220 valence electrons. The Labute approximate surface area is 227 Å². The minimum atomic E-state index is -0.139. The number of hydrogen-bond acceptors (Lipinski definition) is 7. The van der Waals surface area contributed by atoms with Gasteiger partial charge in [-0.1, -0.05) is 104 Å². The maximum Gasteiger partial charge on any atom is 0.305 e. The average Bonchev–Trinajstić information content (AvgIpc) is 2.89. The largest absolute Gasteiger partial charge is 0.463 e. The number of rotatable bonds is 30. The summed E-state index contributed by atoms with van der Waals surface area (Å²) in [4.78, 5) is 23.4. The van der Waals surface area contributed by atoms with Crippen LogP contribution in [0.25, 0.3) is 0 Å². The van der Waals surface area contributed by atoms with Gasteiger partial charge in [-0.2, -0.15) is 0 Å². The van der Waals surface area contributed by atoms with Crippen molar-refractivity contribution in [2.45, 2.75) is 129 Å². The van der Waals surface area contributed by atoms with E-state index in [1.165, 1.54) is 77.0 Å². The summed E-state index contributed by atoms with van der Waals surface area (Å²) < 4.78 is 26.6. The fourth-order valence-electron chi connectivity index (χ4n) is 3.92. The molecule has 0 aromatic rings. The first-order valence-electron chi connectivity index (χ1n) is 15.2. The fourth-order valence-corrected chi connectivity index (χ4v) is 3.92. The van der Waals surface area contributed by atoms with Crippen LogP contribution in [-0.2, 0) is 33.3 Å². The molecule has 0 atom stereocenters. The number of ether oxygens (including phenoxy) is 5. The molecule has 0 bridgehead atoms. The number of hydrogen-bond donors (Lipinski definition) is 0. The Morgan fingerprint density at radius 3 is 0.973 bits per heavy atom. The SMILES string of the molecule is CCCCCCCCCCCC(=O)OCCOCCOCCOCCOC(=O)CCCCCCCCC. The van der Waals surface area contributed by atoms with Gasteiger partial charge in [-0.25, -0.2) is 0 Å². The van der Waals surface area contributed by atoms with E-state index in [-0.39, 0.29) is 25.2 Å². The molecule has 0 saturated heterocycles. The third-order valence-corrected chi connectivity index (χ3v) is 6.19. The van der Waals surface area contributed by atoms with Gasteiger partial charge < -0.3 is 23.7 Å². The second-order valence-electron chi connectivity index (χ2n) is 9.73. The van der Waals surface area contributed by atoms with Crippen molar-refractivity contribution in [3.8, 4) is 0 Å². The maximum absolute atomic E-state index is 11.7. The summed E-state index contributed by atoms with van der Waals surface area (Å²) in [7, 11) is 0. The molecule has 7 heteroatoms.